The predicted molar refractivity (Wildman–Crippen MR) is 124 cm³/mol. The third kappa shape index (κ3) is 7.91. The molecule has 31 heavy (non-hydrogen) atoms. The van der Waals surface area contributed by atoms with Gasteiger partial charge in [-0.1, -0.05) is 17.7 Å². The summed E-state index contributed by atoms with van der Waals surface area (Å²) in [6.45, 7) is 7.13. The van der Waals surface area contributed by atoms with Crippen molar-refractivity contribution in [2.45, 2.75) is 51.6 Å². The van der Waals surface area contributed by atoms with Crippen LogP contribution in [-0.4, -0.2) is 58.0 Å². The lowest BCUT2D eigenvalue weighted by molar-refractivity contribution is -0.129. The number of piperidine rings is 2. The van der Waals surface area contributed by atoms with E-state index in [9.17, 15) is 4.79 Å². The van der Waals surface area contributed by atoms with Crippen LogP contribution >= 0.6 is 24.0 Å². The van der Waals surface area contributed by atoms with Gasteiger partial charge in [0.05, 0.1) is 0 Å². The molecule has 2 aliphatic rings. The van der Waals surface area contributed by atoms with E-state index in [1.54, 1.807) is 25.4 Å². The third-order valence-corrected chi connectivity index (χ3v) is 5.65. The number of amides is 1. The van der Waals surface area contributed by atoms with Crippen LogP contribution in [0.2, 0.25) is 5.15 Å². The van der Waals surface area contributed by atoms with Crippen LogP contribution in [0.25, 0.3) is 0 Å². The Morgan fingerprint density at radius 2 is 1.81 bits per heavy atom. The minimum Gasteiger partial charge on any atom is -0.473 e. The van der Waals surface area contributed by atoms with Crippen LogP contribution in [0.15, 0.2) is 30.6 Å². The van der Waals surface area contributed by atoms with E-state index in [2.05, 4.69) is 20.3 Å². The van der Waals surface area contributed by atoms with Gasteiger partial charge in [0.1, 0.15) is 17.0 Å². The number of pyridine rings is 1. The number of ether oxygens (including phenoxy) is 1. The fourth-order valence-electron chi connectivity index (χ4n) is 3.76. The molecule has 0 aliphatic carbocycles. The van der Waals surface area contributed by atoms with Gasteiger partial charge in [-0.3, -0.25) is 9.78 Å². The Balaban J connectivity index is 0.000000322. The average molecular weight is 468 g/mol. The van der Waals surface area contributed by atoms with Gasteiger partial charge in [0.2, 0.25) is 11.8 Å². The summed E-state index contributed by atoms with van der Waals surface area (Å²) < 4.78 is 6.12. The van der Waals surface area contributed by atoms with Crippen molar-refractivity contribution in [3.63, 3.8) is 0 Å². The molecule has 2 fully saturated rings. The molecule has 1 amide bonds. The molecule has 0 radical (unpaired) electrons. The fourth-order valence-corrected chi connectivity index (χ4v) is 3.96. The molecule has 0 atom stereocenters. The van der Waals surface area contributed by atoms with Crippen LogP contribution in [0.1, 0.15) is 49.9 Å². The summed E-state index contributed by atoms with van der Waals surface area (Å²) in [6, 6.07) is 5.55. The molecular weight excluding hydrogens is 437 g/mol. The van der Waals surface area contributed by atoms with Crippen molar-refractivity contribution in [2.75, 3.05) is 26.2 Å². The molecule has 0 aromatic carbocycles. The first-order valence-electron chi connectivity index (χ1n) is 10.6. The highest BCUT2D eigenvalue weighted by atomic mass is 35.5. The van der Waals surface area contributed by atoms with Crippen molar-refractivity contribution in [1.29, 1.82) is 0 Å². The number of likely N-dealkylation sites (tertiary alicyclic amines) is 1. The van der Waals surface area contributed by atoms with Gasteiger partial charge in [0.25, 0.3) is 0 Å². The zero-order chi connectivity index (χ0) is 21.3. The highest BCUT2D eigenvalue weighted by Gasteiger charge is 2.27. The van der Waals surface area contributed by atoms with Crippen molar-refractivity contribution in [1.82, 2.24) is 25.2 Å². The molecule has 2 aliphatic heterocycles. The van der Waals surface area contributed by atoms with E-state index in [1.165, 1.54) is 0 Å². The van der Waals surface area contributed by atoms with E-state index in [1.807, 2.05) is 24.0 Å². The topological polar surface area (TPSA) is 80.2 Å². The number of carbonyl (C=O) groups is 1. The zero-order valence-corrected chi connectivity index (χ0v) is 19.7. The summed E-state index contributed by atoms with van der Waals surface area (Å²) >= 11 is 5.53. The first kappa shape index (κ1) is 25.3. The molecule has 0 bridgehead atoms. The van der Waals surface area contributed by atoms with E-state index in [0.717, 1.165) is 63.3 Å². The quantitative estimate of drug-likeness (QED) is 0.691. The van der Waals surface area contributed by atoms with Crippen LogP contribution in [0.3, 0.4) is 0 Å². The van der Waals surface area contributed by atoms with Gasteiger partial charge < -0.3 is 15.0 Å². The Labute approximate surface area is 195 Å². The number of hydrogen-bond donors (Lipinski definition) is 1. The average Bonchev–Trinajstić information content (AvgIpc) is 2.75. The summed E-state index contributed by atoms with van der Waals surface area (Å²) in [5.74, 6) is 1.18. The highest BCUT2D eigenvalue weighted by Crippen LogP contribution is 2.32. The SMILES string of the molecule is CC(=O)N1CCC(c2nccnc2OC2CCNCC2)CC1.Cc1cccc(Cl)n1.Cl. The lowest BCUT2D eigenvalue weighted by Gasteiger charge is -2.32. The van der Waals surface area contributed by atoms with Crippen LogP contribution in [-0.2, 0) is 4.79 Å². The molecule has 0 saturated carbocycles. The van der Waals surface area contributed by atoms with Crippen LogP contribution < -0.4 is 10.1 Å². The van der Waals surface area contributed by atoms with Gasteiger partial charge in [0, 0.05) is 44.0 Å². The molecule has 4 rings (SSSR count). The first-order valence-corrected chi connectivity index (χ1v) is 10.9. The summed E-state index contributed by atoms with van der Waals surface area (Å²) in [7, 11) is 0. The largest absolute Gasteiger partial charge is 0.473 e. The van der Waals surface area contributed by atoms with Crippen molar-refractivity contribution in [3.8, 4) is 5.88 Å². The van der Waals surface area contributed by atoms with Crippen LogP contribution in [0, 0.1) is 6.92 Å². The number of halogens is 2. The second kappa shape index (κ2) is 12.8. The number of carbonyl (C=O) groups excluding carboxylic acids is 1. The van der Waals surface area contributed by atoms with Gasteiger partial charge >= 0.3 is 0 Å². The minimum absolute atomic E-state index is 0. The first-order chi connectivity index (χ1) is 14.5. The predicted octanol–water partition coefficient (Wildman–Crippen LogP) is 3.80. The third-order valence-electron chi connectivity index (χ3n) is 5.44. The van der Waals surface area contributed by atoms with E-state index in [-0.39, 0.29) is 24.4 Å². The van der Waals surface area contributed by atoms with E-state index in [4.69, 9.17) is 16.3 Å². The van der Waals surface area contributed by atoms with Crippen molar-refractivity contribution >= 4 is 29.9 Å². The van der Waals surface area contributed by atoms with Crippen LogP contribution in [0.4, 0.5) is 0 Å². The molecular formula is C22H31Cl2N5O2. The molecule has 0 spiro atoms. The molecule has 0 unspecified atom stereocenters. The Bertz CT molecular complexity index is 808. The number of aromatic nitrogens is 3. The fraction of sp³-hybridized carbons (Fsp3) is 0.545. The molecule has 4 heterocycles. The Morgan fingerprint density at radius 3 is 2.39 bits per heavy atom. The summed E-state index contributed by atoms with van der Waals surface area (Å²) in [5.41, 5.74) is 1.92. The molecule has 7 nitrogen and oxygen atoms in total. The van der Waals surface area contributed by atoms with Crippen molar-refractivity contribution in [2.24, 2.45) is 0 Å². The minimum atomic E-state index is 0. The van der Waals surface area contributed by atoms with Gasteiger partial charge in [0.15, 0.2) is 0 Å². The standard InChI is InChI=1S/C16H24N4O2.C6H6ClN.ClH/c1-12(21)20-10-4-13(5-11-20)15-16(19-9-8-18-15)22-14-2-6-17-7-3-14;1-5-3-2-4-6(7)8-5;/h8-9,13-14,17H,2-7,10-11H2,1H3;2-4H,1H3;1H. The maximum Gasteiger partial charge on any atom is 0.236 e. The van der Waals surface area contributed by atoms with E-state index < -0.39 is 0 Å². The summed E-state index contributed by atoms with van der Waals surface area (Å²) in [6.07, 6.45) is 7.56. The summed E-state index contributed by atoms with van der Waals surface area (Å²) in [5, 5.41) is 3.90. The van der Waals surface area contributed by atoms with E-state index in [0.29, 0.717) is 17.0 Å². The normalized spacial score (nSPS) is 17.2. The Morgan fingerprint density at radius 1 is 1.13 bits per heavy atom. The van der Waals surface area contributed by atoms with Crippen molar-refractivity contribution in [3.05, 3.63) is 47.1 Å². The van der Waals surface area contributed by atoms with Crippen LogP contribution in [0.5, 0.6) is 5.88 Å². The number of rotatable bonds is 3. The number of nitrogens with zero attached hydrogens (tertiary/aromatic N) is 4. The Hall–Kier alpha value is -1.96. The number of hydrogen-bond acceptors (Lipinski definition) is 6. The van der Waals surface area contributed by atoms with Gasteiger partial charge in [-0.25, -0.2) is 9.97 Å². The van der Waals surface area contributed by atoms with E-state index >= 15 is 0 Å². The maximum atomic E-state index is 11.4. The molecule has 2 aromatic rings. The van der Waals surface area contributed by atoms with Gasteiger partial charge in [-0.15, -0.1) is 12.4 Å². The van der Waals surface area contributed by atoms with Gasteiger partial charge in [-0.05, 0) is 57.8 Å². The second-order valence-corrected chi connectivity index (χ2v) is 8.08. The molecule has 2 aromatic heterocycles. The molecule has 9 heteroatoms. The molecule has 2 saturated heterocycles. The number of nitrogens with one attached hydrogen (secondary N) is 1. The van der Waals surface area contributed by atoms with Gasteiger partial charge in [-0.2, -0.15) is 0 Å². The lowest BCUT2D eigenvalue weighted by Crippen LogP contribution is -2.37. The highest BCUT2D eigenvalue weighted by molar-refractivity contribution is 6.29. The molecule has 170 valence electrons. The second-order valence-electron chi connectivity index (χ2n) is 7.70. The summed E-state index contributed by atoms with van der Waals surface area (Å²) in [4.78, 5) is 26.2. The lowest BCUT2D eigenvalue weighted by atomic mass is 9.93. The van der Waals surface area contributed by atoms with Crippen molar-refractivity contribution < 1.29 is 9.53 Å². The Kier molecular flexibility index (Phi) is 10.4. The molecule has 1 N–H and O–H groups in total. The number of aryl methyl sites for hydroxylation is 1. The smallest absolute Gasteiger partial charge is 0.236 e. The zero-order valence-electron chi connectivity index (χ0n) is 18.1. The maximum absolute atomic E-state index is 11.4. The monoisotopic (exact) mass is 467 g/mol.